The normalized spacial score (nSPS) is 12.9. The fourth-order valence-electron chi connectivity index (χ4n) is 0.935. The highest BCUT2D eigenvalue weighted by Gasteiger charge is 1.98. The number of nitrogens with two attached hydrogens (primary N) is 1. The first kappa shape index (κ1) is 16.2. The van der Waals surface area contributed by atoms with Crippen molar-refractivity contribution in [1.82, 2.24) is 0 Å². The number of methoxy groups -OCH3 is 1. The van der Waals surface area contributed by atoms with Crippen LogP contribution in [0.3, 0.4) is 0 Å². The molecule has 1 unspecified atom stereocenters. The molecule has 0 rings (SSSR count). The van der Waals surface area contributed by atoms with E-state index < -0.39 is 0 Å². The van der Waals surface area contributed by atoms with Crippen LogP contribution < -0.4 is 5.73 Å². The minimum Gasteiger partial charge on any atom is -0.382 e. The molecule has 0 aromatic rings. The Morgan fingerprint density at radius 3 is 2.31 bits per heavy atom. The molecule has 0 aliphatic rings. The lowest BCUT2D eigenvalue weighted by Gasteiger charge is -2.08. The summed E-state index contributed by atoms with van der Waals surface area (Å²) in [6, 6.07) is 0.322. The maximum atomic E-state index is 5.79. The number of thioether (sulfide) groups is 1. The largest absolute Gasteiger partial charge is 0.382 e. The second kappa shape index (κ2) is 13.3. The number of ether oxygens (including phenoxy) is 3. The molecule has 0 amide bonds. The molecular weight excluding hydrogens is 226 g/mol. The number of hydrogen-bond donors (Lipinski definition) is 1. The first-order chi connectivity index (χ1) is 7.81. The van der Waals surface area contributed by atoms with Gasteiger partial charge in [-0.15, -0.1) is 0 Å². The van der Waals surface area contributed by atoms with Crippen LogP contribution in [0.25, 0.3) is 0 Å². The van der Waals surface area contributed by atoms with Crippen molar-refractivity contribution in [1.29, 1.82) is 0 Å². The van der Waals surface area contributed by atoms with Gasteiger partial charge in [-0.2, -0.15) is 11.8 Å². The molecule has 0 aromatic carbocycles. The minimum absolute atomic E-state index is 0.322. The Hall–Kier alpha value is 0.190. The predicted octanol–water partition coefficient (Wildman–Crippen LogP) is 1.14. The average Bonchev–Trinajstić information content (AvgIpc) is 2.31. The Morgan fingerprint density at radius 2 is 1.69 bits per heavy atom. The van der Waals surface area contributed by atoms with E-state index in [1.807, 2.05) is 11.8 Å². The molecule has 2 N–H and O–H groups in total. The van der Waals surface area contributed by atoms with E-state index >= 15 is 0 Å². The summed E-state index contributed by atoms with van der Waals surface area (Å²) in [5.74, 6) is 2.02. The third-order valence-corrected chi connectivity index (χ3v) is 3.15. The molecule has 0 aliphatic carbocycles. The van der Waals surface area contributed by atoms with E-state index in [4.69, 9.17) is 19.9 Å². The quantitative estimate of drug-likeness (QED) is 0.527. The molecule has 0 saturated carbocycles. The molecule has 4 nitrogen and oxygen atoms in total. The third-order valence-electron chi connectivity index (χ3n) is 2.03. The summed E-state index contributed by atoms with van der Waals surface area (Å²) in [6.07, 6.45) is 1.04. The molecular formula is C11H25NO3S. The molecule has 0 aliphatic heterocycles. The van der Waals surface area contributed by atoms with E-state index in [1.165, 1.54) is 0 Å². The van der Waals surface area contributed by atoms with Crippen LogP contribution in [0.4, 0.5) is 0 Å². The SMILES string of the molecule is CCC(N)CSCCOCCOCCOC. The maximum absolute atomic E-state index is 5.79. The Labute approximate surface area is 103 Å². The van der Waals surface area contributed by atoms with Gasteiger partial charge in [0, 0.05) is 24.7 Å². The fraction of sp³-hybridized carbons (Fsp3) is 1.00. The highest BCUT2D eigenvalue weighted by molar-refractivity contribution is 7.99. The minimum atomic E-state index is 0.322. The van der Waals surface area contributed by atoms with Crippen LogP contribution in [0.15, 0.2) is 0 Å². The van der Waals surface area contributed by atoms with Crippen molar-refractivity contribution < 1.29 is 14.2 Å². The highest BCUT2D eigenvalue weighted by Crippen LogP contribution is 2.03. The zero-order chi connectivity index (χ0) is 12.1. The van der Waals surface area contributed by atoms with Crippen molar-refractivity contribution in [3.05, 3.63) is 0 Å². The van der Waals surface area contributed by atoms with Gasteiger partial charge in [0.2, 0.25) is 0 Å². The van der Waals surface area contributed by atoms with Crippen LogP contribution in [0.5, 0.6) is 0 Å². The molecule has 0 aromatic heterocycles. The zero-order valence-corrected chi connectivity index (χ0v) is 11.3. The highest BCUT2D eigenvalue weighted by atomic mass is 32.2. The third kappa shape index (κ3) is 12.3. The van der Waals surface area contributed by atoms with Gasteiger partial charge in [-0.3, -0.25) is 0 Å². The van der Waals surface area contributed by atoms with Crippen LogP contribution in [-0.4, -0.2) is 57.7 Å². The molecule has 0 fully saturated rings. The van der Waals surface area contributed by atoms with Gasteiger partial charge in [0.15, 0.2) is 0 Å². The molecule has 0 heterocycles. The van der Waals surface area contributed by atoms with Crippen LogP contribution in [0, 0.1) is 0 Å². The second-order valence-corrected chi connectivity index (χ2v) is 4.61. The number of hydrogen-bond acceptors (Lipinski definition) is 5. The molecule has 98 valence electrons. The van der Waals surface area contributed by atoms with Crippen molar-refractivity contribution in [2.75, 3.05) is 51.6 Å². The summed E-state index contributed by atoms with van der Waals surface area (Å²) >= 11 is 1.85. The summed E-state index contributed by atoms with van der Waals surface area (Å²) in [6.45, 7) is 5.46. The Morgan fingerprint density at radius 1 is 1.06 bits per heavy atom. The van der Waals surface area contributed by atoms with E-state index in [0.29, 0.717) is 32.5 Å². The van der Waals surface area contributed by atoms with Crippen LogP contribution in [-0.2, 0) is 14.2 Å². The van der Waals surface area contributed by atoms with E-state index in [-0.39, 0.29) is 0 Å². The summed E-state index contributed by atoms with van der Waals surface area (Å²) < 4.78 is 15.5. The van der Waals surface area contributed by atoms with Crippen molar-refractivity contribution in [3.63, 3.8) is 0 Å². The fourth-order valence-corrected chi connectivity index (χ4v) is 1.88. The summed E-state index contributed by atoms with van der Waals surface area (Å²) in [5, 5.41) is 0. The summed E-state index contributed by atoms with van der Waals surface area (Å²) in [4.78, 5) is 0. The van der Waals surface area contributed by atoms with Crippen LogP contribution >= 0.6 is 11.8 Å². The topological polar surface area (TPSA) is 53.7 Å². The van der Waals surface area contributed by atoms with E-state index in [1.54, 1.807) is 7.11 Å². The lowest BCUT2D eigenvalue weighted by atomic mass is 10.3. The van der Waals surface area contributed by atoms with Crippen molar-refractivity contribution in [2.24, 2.45) is 5.73 Å². The van der Waals surface area contributed by atoms with Gasteiger partial charge < -0.3 is 19.9 Å². The van der Waals surface area contributed by atoms with Gasteiger partial charge in [0.1, 0.15) is 0 Å². The Kier molecular flexibility index (Phi) is 13.4. The lowest BCUT2D eigenvalue weighted by molar-refractivity contribution is 0.0286. The van der Waals surface area contributed by atoms with Gasteiger partial charge >= 0.3 is 0 Å². The molecule has 0 radical (unpaired) electrons. The van der Waals surface area contributed by atoms with Gasteiger partial charge in [0.25, 0.3) is 0 Å². The summed E-state index contributed by atoms with van der Waals surface area (Å²) in [5.41, 5.74) is 5.79. The molecule has 0 saturated heterocycles. The van der Waals surface area contributed by atoms with E-state index in [9.17, 15) is 0 Å². The Balaban J connectivity index is 2.93. The number of rotatable bonds is 12. The smallest absolute Gasteiger partial charge is 0.0701 e. The Bertz CT molecular complexity index is 138. The lowest BCUT2D eigenvalue weighted by Crippen LogP contribution is -2.21. The van der Waals surface area contributed by atoms with E-state index in [0.717, 1.165) is 24.5 Å². The first-order valence-corrected chi connectivity index (χ1v) is 6.94. The molecule has 5 heteroatoms. The first-order valence-electron chi connectivity index (χ1n) is 5.79. The van der Waals surface area contributed by atoms with Crippen molar-refractivity contribution >= 4 is 11.8 Å². The van der Waals surface area contributed by atoms with Gasteiger partial charge in [-0.25, -0.2) is 0 Å². The molecule has 16 heavy (non-hydrogen) atoms. The van der Waals surface area contributed by atoms with Crippen molar-refractivity contribution in [3.8, 4) is 0 Å². The second-order valence-electron chi connectivity index (χ2n) is 3.46. The molecule has 0 spiro atoms. The monoisotopic (exact) mass is 251 g/mol. The van der Waals surface area contributed by atoms with Gasteiger partial charge in [-0.1, -0.05) is 6.92 Å². The van der Waals surface area contributed by atoms with Gasteiger partial charge in [-0.05, 0) is 6.42 Å². The zero-order valence-electron chi connectivity index (χ0n) is 10.4. The van der Waals surface area contributed by atoms with E-state index in [2.05, 4.69) is 6.92 Å². The van der Waals surface area contributed by atoms with Crippen molar-refractivity contribution in [2.45, 2.75) is 19.4 Å². The predicted molar refractivity (Wildman–Crippen MR) is 69.1 cm³/mol. The summed E-state index contributed by atoms with van der Waals surface area (Å²) in [7, 11) is 1.66. The van der Waals surface area contributed by atoms with Crippen LogP contribution in [0.2, 0.25) is 0 Å². The van der Waals surface area contributed by atoms with Gasteiger partial charge in [0.05, 0.1) is 33.0 Å². The molecule has 0 bridgehead atoms. The maximum Gasteiger partial charge on any atom is 0.0701 e. The molecule has 1 atom stereocenters. The van der Waals surface area contributed by atoms with Crippen LogP contribution in [0.1, 0.15) is 13.3 Å². The average molecular weight is 251 g/mol. The standard InChI is InChI=1S/C11H25NO3S/c1-3-11(12)10-16-9-8-15-7-6-14-5-4-13-2/h11H,3-10,12H2,1-2H3.